The lowest BCUT2D eigenvalue weighted by molar-refractivity contribution is 0.314. The molecule has 0 aliphatic heterocycles. The Hall–Kier alpha value is -2.47. The molecular formula is C14H15BrN6O4S. The molecule has 0 radical (unpaired) electrons. The van der Waals surface area contributed by atoms with Crippen LogP contribution in [0.5, 0.6) is 11.8 Å². The molecule has 0 bridgehead atoms. The second-order valence-corrected chi connectivity index (χ2v) is 7.52. The van der Waals surface area contributed by atoms with Gasteiger partial charge in [0, 0.05) is 0 Å². The third-order valence-electron chi connectivity index (χ3n) is 3.19. The Kier molecular flexibility index (Phi) is 4.96. The summed E-state index contributed by atoms with van der Waals surface area (Å²) in [4.78, 5) is 16.9. The first-order valence-electron chi connectivity index (χ1n) is 7.43. The molecule has 0 amide bonds. The van der Waals surface area contributed by atoms with Crippen LogP contribution < -0.4 is 14.7 Å². The van der Waals surface area contributed by atoms with Crippen molar-refractivity contribution >= 4 is 43.0 Å². The van der Waals surface area contributed by atoms with E-state index in [0.717, 1.165) is 6.26 Å². The predicted molar refractivity (Wildman–Crippen MR) is 97.4 cm³/mol. The number of aromatic nitrogens is 5. The number of pyridine rings is 1. The fraction of sp³-hybridized carbons (Fsp3) is 0.286. The van der Waals surface area contributed by atoms with Gasteiger partial charge in [-0.2, -0.15) is 18.4 Å². The molecule has 12 heteroatoms. The first-order valence-corrected chi connectivity index (χ1v) is 10.0. The number of nitrogen functional groups attached to an aromatic ring is 1. The normalized spacial score (nSPS) is 11.7. The number of imidazole rings is 1. The second-order valence-electron chi connectivity index (χ2n) is 5.24. The van der Waals surface area contributed by atoms with E-state index in [9.17, 15) is 8.42 Å². The Bertz CT molecular complexity index is 1050. The van der Waals surface area contributed by atoms with Crippen molar-refractivity contribution in [2.24, 2.45) is 0 Å². The largest absolute Gasteiger partial charge is 0.464 e. The number of ether oxygens (including phenoxy) is 1. The van der Waals surface area contributed by atoms with Crippen LogP contribution in [0.25, 0.3) is 11.2 Å². The van der Waals surface area contributed by atoms with Gasteiger partial charge in [-0.1, -0.05) is 0 Å². The number of anilines is 1. The van der Waals surface area contributed by atoms with Gasteiger partial charge in [0.2, 0.25) is 0 Å². The first-order chi connectivity index (χ1) is 12.3. The molecule has 0 fully saturated rings. The fourth-order valence-electron chi connectivity index (χ4n) is 2.20. The molecule has 138 valence electrons. The zero-order valence-electron chi connectivity index (χ0n) is 13.9. The van der Waals surface area contributed by atoms with Crippen molar-refractivity contribution in [3.05, 3.63) is 28.8 Å². The van der Waals surface area contributed by atoms with Crippen molar-refractivity contribution in [1.82, 2.24) is 24.5 Å². The lowest BCUT2D eigenvalue weighted by Crippen LogP contribution is -2.08. The monoisotopic (exact) mass is 442 g/mol. The van der Waals surface area contributed by atoms with Gasteiger partial charge in [0.25, 0.3) is 0 Å². The summed E-state index contributed by atoms with van der Waals surface area (Å²) in [6, 6.07) is 3.33. The molecule has 2 N–H and O–H groups in total. The minimum atomic E-state index is -3.60. The summed E-state index contributed by atoms with van der Waals surface area (Å²) in [5.41, 5.74) is 7.50. The molecule has 0 aliphatic carbocycles. The molecule has 0 aromatic carbocycles. The van der Waals surface area contributed by atoms with Crippen LogP contribution in [0.3, 0.4) is 0 Å². The van der Waals surface area contributed by atoms with Gasteiger partial charge >= 0.3 is 16.1 Å². The fourth-order valence-corrected chi connectivity index (χ4v) is 3.12. The number of halogens is 1. The maximum absolute atomic E-state index is 11.1. The number of nitrogens with zero attached hydrogens (tertiary/aromatic N) is 5. The Morgan fingerprint density at radius 3 is 2.65 bits per heavy atom. The SMILES string of the molecule is CCOc1nc(N)c2nc(Br)n(Cc3ccc(OS(C)(=O)=O)cn3)c2n1. The Morgan fingerprint density at radius 1 is 1.27 bits per heavy atom. The zero-order chi connectivity index (χ0) is 18.9. The zero-order valence-corrected chi connectivity index (χ0v) is 16.3. The van der Waals surface area contributed by atoms with Gasteiger partial charge in [-0.3, -0.25) is 9.55 Å². The van der Waals surface area contributed by atoms with E-state index in [2.05, 4.69) is 35.9 Å². The molecule has 0 aliphatic rings. The van der Waals surface area contributed by atoms with Crippen LogP contribution in [0.15, 0.2) is 23.1 Å². The van der Waals surface area contributed by atoms with Gasteiger partial charge in [-0.25, -0.2) is 4.98 Å². The maximum Gasteiger partial charge on any atom is 0.320 e. The standard InChI is InChI=1S/C14H15BrN6O4S/c1-3-24-14-19-11(16)10-12(20-14)21(13(15)18-10)7-8-4-5-9(6-17-8)25-26(2,22)23/h4-6H,3,7H2,1-2H3,(H2,16,19,20). The third-order valence-corrected chi connectivity index (χ3v) is 4.29. The van der Waals surface area contributed by atoms with E-state index in [0.29, 0.717) is 34.7 Å². The smallest absolute Gasteiger partial charge is 0.320 e. The summed E-state index contributed by atoms with van der Waals surface area (Å²) in [5, 5.41) is 0. The molecule has 10 nitrogen and oxygen atoms in total. The molecule has 3 heterocycles. The number of fused-ring (bicyclic) bond motifs is 1. The molecule has 26 heavy (non-hydrogen) atoms. The van der Waals surface area contributed by atoms with Crippen LogP contribution in [-0.4, -0.2) is 45.8 Å². The van der Waals surface area contributed by atoms with E-state index in [-0.39, 0.29) is 17.6 Å². The van der Waals surface area contributed by atoms with Gasteiger partial charge in [0.05, 0.1) is 31.3 Å². The molecule has 0 unspecified atom stereocenters. The highest BCUT2D eigenvalue weighted by Gasteiger charge is 2.16. The van der Waals surface area contributed by atoms with Crippen LogP contribution in [-0.2, 0) is 16.7 Å². The second kappa shape index (κ2) is 7.03. The minimum Gasteiger partial charge on any atom is -0.464 e. The average Bonchev–Trinajstić information content (AvgIpc) is 2.85. The quantitative estimate of drug-likeness (QED) is 0.442. The lowest BCUT2D eigenvalue weighted by Gasteiger charge is -2.07. The van der Waals surface area contributed by atoms with Crippen molar-refractivity contribution in [1.29, 1.82) is 0 Å². The topological polar surface area (TPSA) is 135 Å². The molecule has 0 atom stereocenters. The van der Waals surface area contributed by atoms with Crippen LogP contribution in [0.4, 0.5) is 5.82 Å². The minimum absolute atomic E-state index is 0.135. The molecule has 3 aromatic heterocycles. The lowest BCUT2D eigenvalue weighted by atomic mass is 10.3. The maximum atomic E-state index is 11.1. The molecule has 0 spiro atoms. The number of nitrogens with two attached hydrogens (primary N) is 1. The molecule has 3 aromatic rings. The molecular weight excluding hydrogens is 428 g/mol. The summed E-state index contributed by atoms with van der Waals surface area (Å²) in [7, 11) is -3.60. The van der Waals surface area contributed by atoms with Crippen molar-refractivity contribution in [3.63, 3.8) is 0 Å². The van der Waals surface area contributed by atoms with E-state index in [1.807, 2.05) is 6.92 Å². The first kappa shape index (κ1) is 18.3. The van der Waals surface area contributed by atoms with Crippen LogP contribution in [0.1, 0.15) is 12.6 Å². The van der Waals surface area contributed by atoms with E-state index in [4.69, 9.17) is 14.7 Å². The number of hydrogen-bond donors (Lipinski definition) is 1. The van der Waals surface area contributed by atoms with E-state index < -0.39 is 10.1 Å². The highest BCUT2D eigenvalue weighted by Crippen LogP contribution is 2.25. The Labute approximate surface area is 157 Å². The van der Waals surface area contributed by atoms with Gasteiger partial charge in [-0.15, -0.1) is 0 Å². The van der Waals surface area contributed by atoms with E-state index in [1.54, 1.807) is 10.6 Å². The van der Waals surface area contributed by atoms with Crippen molar-refractivity contribution in [2.75, 3.05) is 18.6 Å². The highest BCUT2D eigenvalue weighted by atomic mass is 79.9. The number of rotatable bonds is 6. The van der Waals surface area contributed by atoms with Gasteiger partial charge in [0.15, 0.2) is 27.5 Å². The summed E-state index contributed by atoms with van der Waals surface area (Å²) < 4.78 is 34.6. The molecule has 0 saturated carbocycles. The average molecular weight is 443 g/mol. The Morgan fingerprint density at radius 2 is 2.04 bits per heavy atom. The van der Waals surface area contributed by atoms with Crippen molar-refractivity contribution < 1.29 is 17.3 Å². The molecule has 3 rings (SSSR count). The summed E-state index contributed by atoms with van der Waals surface area (Å²) >= 11 is 3.37. The molecule has 0 saturated heterocycles. The van der Waals surface area contributed by atoms with Gasteiger partial charge in [-0.05, 0) is 35.0 Å². The number of hydrogen-bond acceptors (Lipinski definition) is 9. The van der Waals surface area contributed by atoms with Gasteiger partial charge < -0.3 is 14.7 Å². The van der Waals surface area contributed by atoms with Crippen LogP contribution in [0.2, 0.25) is 0 Å². The van der Waals surface area contributed by atoms with Crippen LogP contribution >= 0.6 is 15.9 Å². The van der Waals surface area contributed by atoms with Crippen molar-refractivity contribution in [3.8, 4) is 11.8 Å². The summed E-state index contributed by atoms with van der Waals surface area (Å²) in [5.74, 6) is 0.346. The predicted octanol–water partition coefficient (Wildman–Crippen LogP) is 1.35. The summed E-state index contributed by atoms with van der Waals surface area (Å²) in [6.45, 7) is 2.54. The Balaban J connectivity index is 1.94. The summed E-state index contributed by atoms with van der Waals surface area (Å²) in [6.07, 6.45) is 2.30. The van der Waals surface area contributed by atoms with E-state index >= 15 is 0 Å². The van der Waals surface area contributed by atoms with Gasteiger partial charge in [0.1, 0.15) is 0 Å². The highest BCUT2D eigenvalue weighted by molar-refractivity contribution is 9.10. The third kappa shape index (κ3) is 4.02. The van der Waals surface area contributed by atoms with Crippen molar-refractivity contribution in [2.45, 2.75) is 13.5 Å². The van der Waals surface area contributed by atoms with E-state index in [1.165, 1.54) is 12.3 Å². The van der Waals surface area contributed by atoms with Crippen LogP contribution in [0, 0.1) is 0 Å².